The Labute approximate surface area is 183 Å². The molecule has 2 fully saturated rings. The number of rotatable bonds is 6. The molecule has 2 atom stereocenters. The van der Waals surface area contributed by atoms with Gasteiger partial charge in [-0.1, -0.05) is 36.4 Å². The topological polar surface area (TPSA) is 49.4 Å². The Morgan fingerprint density at radius 3 is 2.68 bits per heavy atom. The predicted molar refractivity (Wildman–Crippen MR) is 119 cm³/mol. The fraction of sp³-hybridized carbons (Fsp3) is 0.462. The number of piperidine rings is 1. The molecule has 2 aromatic carbocycles. The molecule has 0 aromatic heterocycles. The van der Waals surface area contributed by atoms with E-state index in [0.29, 0.717) is 38.0 Å². The highest BCUT2D eigenvalue weighted by Crippen LogP contribution is 2.32. The number of hydrogen-bond donors (Lipinski definition) is 1. The second kappa shape index (κ2) is 9.21. The number of benzene rings is 2. The fourth-order valence-electron chi connectivity index (χ4n) is 5.18. The van der Waals surface area contributed by atoms with E-state index in [9.17, 15) is 14.0 Å². The maximum atomic E-state index is 13.3. The standard InChI is InChI=1S/C26H31FN2O2/c1-19-5-2-3-7-23(19)21-6-4-16-29(18-21)25(31)13-15-26(14-12-24(30)28-26)17-20-8-10-22(27)11-9-20/h2-3,5,7-11,21H,4,6,12-18H2,1H3,(H,28,30)/t21-,26+/m0/s1. The minimum Gasteiger partial charge on any atom is -0.350 e. The van der Waals surface area contributed by atoms with Crippen LogP contribution < -0.4 is 5.32 Å². The van der Waals surface area contributed by atoms with E-state index in [1.807, 2.05) is 4.90 Å². The van der Waals surface area contributed by atoms with Gasteiger partial charge >= 0.3 is 0 Å². The Kier molecular flexibility index (Phi) is 6.40. The van der Waals surface area contributed by atoms with Gasteiger partial charge in [-0.2, -0.15) is 0 Å². The van der Waals surface area contributed by atoms with Crippen molar-refractivity contribution in [2.24, 2.45) is 0 Å². The number of halogens is 1. The van der Waals surface area contributed by atoms with Crippen LogP contribution in [0, 0.1) is 12.7 Å². The Hall–Kier alpha value is -2.69. The van der Waals surface area contributed by atoms with Crippen molar-refractivity contribution < 1.29 is 14.0 Å². The van der Waals surface area contributed by atoms with Gasteiger partial charge in [-0.25, -0.2) is 4.39 Å². The van der Waals surface area contributed by atoms with E-state index >= 15 is 0 Å². The first-order valence-electron chi connectivity index (χ1n) is 11.3. The molecule has 5 heteroatoms. The van der Waals surface area contributed by atoms with Crippen LogP contribution in [0.25, 0.3) is 0 Å². The van der Waals surface area contributed by atoms with E-state index in [1.165, 1.54) is 23.3 Å². The quantitative estimate of drug-likeness (QED) is 0.745. The molecule has 4 rings (SSSR count). The van der Waals surface area contributed by atoms with Crippen LogP contribution in [0.15, 0.2) is 48.5 Å². The van der Waals surface area contributed by atoms with Gasteiger partial charge in [0.2, 0.25) is 11.8 Å². The van der Waals surface area contributed by atoms with Crippen LogP contribution in [0.5, 0.6) is 0 Å². The molecular weight excluding hydrogens is 391 g/mol. The minimum atomic E-state index is -0.421. The second-order valence-electron chi connectivity index (χ2n) is 9.17. The molecule has 0 saturated carbocycles. The molecule has 0 bridgehead atoms. The van der Waals surface area contributed by atoms with Crippen LogP contribution in [0.3, 0.4) is 0 Å². The molecule has 2 aliphatic rings. The molecule has 4 nitrogen and oxygen atoms in total. The third-order valence-corrected chi connectivity index (χ3v) is 6.91. The summed E-state index contributed by atoms with van der Waals surface area (Å²) >= 11 is 0. The van der Waals surface area contributed by atoms with Gasteiger partial charge in [0.1, 0.15) is 5.82 Å². The van der Waals surface area contributed by atoms with Crippen molar-refractivity contribution in [2.75, 3.05) is 13.1 Å². The number of carbonyl (C=O) groups is 2. The summed E-state index contributed by atoms with van der Waals surface area (Å²) in [6, 6.07) is 14.9. The lowest BCUT2D eigenvalue weighted by atomic mass is 9.84. The van der Waals surface area contributed by atoms with Crippen molar-refractivity contribution >= 4 is 11.8 Å². The fourth-order valence-corrected chi connectivity index (χ4v) is 5.18. The summed E-state index contributed by atoms with van der Waals surface area (Å²) in [6.45, 7) is 3.71. The molecule has 0 radical (unpaired) electrons. The summed E-state index contributed by atoms with van der Waals surface area (Å²) in [7, 11) is 0. The highest BCUT2D eigenvalue weighted by molar-refractivity contribution is 5.80. The third kappa shape index (κ3) is 5.15. The zero-order chi connectivity index (χ0) is 21.8. The molecule has 164 valence electrons. The van der Waals surface area contributed by atoms with Gasteiger partial charge in [0, 0.05) is 37.4 Å². The first-order valence-corrected chi connectivity index (χ1v) is 11.3. The van der Waals surface area contributed by atoms with E-state index in [1.54, 1.807) is 12.1 Å². The first-order chi connectivity index (χ1) is 14.9. The van der Waals surface area contributed by atoms with Gasteiger partial charge in [-0.15, -0.1) is 0 Å². The Morgan fingerprint density at radius 1 is 1.19 bits per heavy atom. The molecule has 0 unspecified atom stereocenters. The summed E-state index contributed by atoms with van der Waals surface area (Å²) in [5.74, 6) is 0.320. The first kappa shape index (κ1) is 21.5. The molecule has 2 aliphatic heterocycles. The second-order valence-corrected chi connectivity index (χ2v) is 9.17. The Bertz CT molecular complexity index is 943. The molecule has 2 heterocycles. The van der Waals surface area contributed by atoms with Crippen LogP contribution in [-0.4, -0.2) is 35.3 Å². The molecule has 0 spiro atoms. The number of amides is 2. The highest BCUT2D eigenvalue weighted by Gasteiger charge is 2.38. The van der Waals surface area contributed by atoms with E-state index in [0.717, 1.165) is 31.5 Å². The number of aryl methyl sites for hydroxylation is 1. The molecule has 2 saturated heterocycles. The molecule has 2 amide bonds. The maximum Gasteiger partial charge on any atom is 0.222 e. The zero-order valence-corrected chi connectivity index (χ0v) is 18.2. The van der Waals surface area contributed by atoms with Crippen LogP contribution in [-0.2, 0) is 16.0 Å². The number of likely N-dealkylation sites (tertiary alicyclic amines) is 1. The van der Waals surface area contributed by atoms with E-state index in [-0.39, 0.29) is 17.6 Å². The summed E-state index contributed by atoms with van der Waals surface area (Å²) in [5, 5.41) is 3.13. The lowest BCUT2D eigenvalue weighted by molar-refractivity contribution is -0.133. The Morgan fingerprint density at radius 2 is 1.97 bits per heavy atom. The van der Waals surface area contributed by atoms with Crippen LogP contribution in [0.2, 0.25) is 0 Å². The van der Waals surface area contributed by atoms with Crippen molar-refractivity contribution in [1.29, 1.82) is 0 Å². The average Bonchev–Trinajstić information content (AvgIpc) is 3.14. The summed E-state index contributed by atoms with van der Waals surface area (Å²) in [5.41, 5.74) is 3.19. The largest absolute Gasteiger partial charge is 0.350 e. The molecule has 1 N–H and O–H groups in total. The molecule has 0 aliphatic carbocycles. The smallest absolute Gasteiger partial charge is 0.222 e. The summed E-state index contributed by atoms with van der Waals surface area (Å²) in [6.07, 6.45) is 4.97. The Balaban J connectivity index is 1.40. The summed E-state index contributed by atoms with van der Waals surface area (Å²) < 4.78 is 13.3. The highest BCUT2D eigenvalue weighted by atomic mass is 19.1. The van der Waals surface area contributed by atoms with Crippen LogP contribution in [0.4, 0.5) is 4.39 Å². The van der Waals surface area contributed by atoms with Crippen molar-refractivity contribution in [3.63, 3.8) is 0 Å². The van der Waals surface area contributed by atoms with Gasteiger partial charge in [0.05, 0.1) is 0 Å². The minimum absolute atomic E-state index is 0.0344. The normalized spacial score (nSPS) is 23.6. The van der Waals surface area contributed by atoms with Crippen molar-refractivity contribution in [3.05, 3.63) is 71.0 Å². The van der Waals surface area contributed by atoms with Crippen molar-refractivity contribution in [1.82, 2.24) is 10.2 Å². The number of carbonyl (C=O) groups excluding carboxylic acids is 2. The third-order valence-electron chi connectivity index (χ3n) is 6.91. The number of nitrogens with zero attached hydrogens (tertiary/aromatic N) is 1. The van der Waals surface area contributed by atoms with E-state index in [4.69, 9.17) is 0 Å². The predicted octanol–water partition coefficient (Wildman–Crippen LogP) is 4.51. The van der Waals surface area contributed by atoms with Gasteiger partial charge in [0.15, 0.2) is 0 Å². The van der Waals surface area contributed by atoms with E-state index in [2.05, 4.69) is 36.5 Å². The number of hydrogen-bond acceptors (Lipinski definition) is 2. The van der Waals surface area contributed by atoms with Gasteiger partial charge in [-0.3, -0.25) is 9.59 Å². The molecule has 31 heavy (non-hydrogen) atoms. The monoisotopic (exact) mass is 422 g/mol. The average molecular weight is 423 g/mol. The van der Waals surface area contributed by atoms with Crippen molar-refractivity contribution in [3.8, 4) is 0 Å². The van der Waals surface area contributed by atoms with Gasteiger partial charge < -0.3 is 10.2 Å². The van der Waals surface area contributed by atoms with Crippen LogP contribution >= 0.6 is 0 Å². The van der Waals surface area contributed by atoms with Crippen LogP contribution in [0.1, 0.15) is 61.1 Å². The lowest BCUT2D eigenvalue weighted by Crippen LogP contribution is -2.45. The van der Waals surface area contributed by atoms with E-state index < -0.39 is 5.54 Å². The SMILES string of the molecule is Cc1ccccc1[C@H]1CCCN(C(=O)CC[C@@]2(Cc3ccc(F)cc3)CCC(=O)N2)C1. The number of nitrogens with one attached hydrogen (secondary N) is 1. The van der Waals surface area contributed by atoms with Crippen molar-refractivity contribution in [2.45, 2.75) is 63.3 Å². The molecular formula is C26H31FN2O2. The van der Waals surface area contributed by atoms with Gasteiger partial charge in [0.25, 0.3) is 0 Å². The van der Waals surface area contributed by atoms with Gasteiger partial charge in [-0.05, 0) is 67.9 Å². The zero-order valence-electron chi connectivity index (χ0n) is 18.2. The lowest BCUT2D eigenvalue weighted by Gasteiger charge is -2.35. The maximum absolute atomic E-state index is 13.3. The molecule has 2 aromatic rings. The summed E-state index contributed by atoms with van der Waals surface area (Å²) in [4.78, 5) is 27.1.